The minimum Gasteiger partial charge on any atom is -0.444 e. The van der Waals surface area contributed by atoms with Gasteiger partial charge < -0.3 is 15.0 Å². The van der Waals surface area contributed by atoms with Crippen LogP contribution in [0.25, 0.3) is 0 Å². The Morgan fingerprint density at radius 3 is 2.16 bits per heavy atom. The standard InChI is InChI=1S/C33H39F3N4O4S/c1-31(2,3)24-9-11-25(12-10-24)45(42,43)40-20-23-8-14-28(33(34,35)36)38-29(23)37-26-13-7-22(19-27(26)40)21-15-17-39(18-16-21)30(41)44-32(4,5)6/h7-14,19,21H,15-18,20H2,1-6H3,(H,37,38). The molecular weight excluding hydrogens is 605 g/mol. The van der Waals surface area contributed by atoms with E-state index >= 15 is 0 Å². The number of piperidine rings is 1. The molecule has 8 nitrogen and oxygen atoms in total. The minimum atomic E-state index is -4.66. The van der Waals surface area contributed by atoms with E-state index in [0.717, 1.165) is 17.2 Å². The van der Waals surface area contributed by atoms with Crippen LogP contribution in [0.2, 0.25) is 0 Å². The highest BCUT2D eigenvalue weighted by atomic mass is 32.2. The summed E-state index contributed by atoms with van der Waals surface area (Å²) in [7, 11) is -4.15. The molecule has 0 saturated carbocycles. The highest BCUT2D eigenvalue weighted by Gasteiger charge is 2.36. The van der Waals surface area contributed by atoms with E-state index in [0.29, 0.717) is 42.9 Å². The van der Waals surface area contributed by atoms with Gasteiger partial charge in [-0.3, -0.25) is 4.31 Å². The van der Waals surface area contributed by atoms with Crippen LogP contribution in [-0.2, 0) is 32.9 Å². The van der Waals surface area contributed by atoms with Crippen LogP contribution in [-0.4, -0.2) is 43.1 Å². The van der Waals surface area contributed by atoms with Gasteiger partial charge in [-0.15, -0.1) is 0 Å². The number of carbonyl (C=O) groups is 1. The summed E-state index contributed by atoms with van der Waals surface area (Å²) >= 11 is 0. The maximum atomic E-state index is 14.3. The molecule has 0 radical (unpaired) electrons. The zero-order chi connectivity index (χ0) is 32.9. The number of halogens is 3. The Hall–Kier alpha value is -3.80. The van der Waals surface area contributed by atoms with Crippen molar-refractivity contribution in [2.24, 2.45) is 0 Å². The van der Waals surface area contributed by atoms with Crippen molar-refractivity contribution in [1.82, 2.24) is 9.88 Å². The van der Waals surface area contributed by atoms with E-state index in [4.69, 9.17) is 4.74 Å². The number of aromatic nitrogens is 1. The molecule has 242 valence electrons. The van der Waals surface area contributed by atoms with E-state index in [1.165, 1.54) is 10.4 Å². The largest absolute Gasteiger partial charge is 0.444 e. The molecule has 45 heavy (non-hydrogen) atoms. The number of amides is 1. The number of nitrogens with zero attached hydrogens (tertiary/aromatic N) is 3. The van der Waals surface area contributed by atoms with Crippen LogP contribution in [0.4, 0.5) is 35.2 Å². The van der Waals surface area contributed by atoms with Crippen LogP contribution in [0.15, 0.2) is 59.5 Å². The first kappa shape index (κ1) is 32.6. The number of pyridine rings is 1. The Kier molecular flexibility index (Phi) is 8.35. The van der Waals surface area contributed by atoms with Gasteiger partial charge in [0.2, 0.25) is 0 Å². The summed E-state index contributed by atoms with van der Waals surface area (Å²) < 4.78 is 75.9. The lowest BCUT2D eigenvalue weighted by Gasteiger charge is -2.34. The van der Waals surface area contributed by atoms with Crippen molar-refractivity contribution in [2.75, 3.05) is 22.7 Å². The summed E-state index contributed by atoms with van der Waals surface area (Å²) in [6.45, 7) is 12.3. The van der Waals surface area contributed by atoms with E-state index in [-0.39, 0.29) is 34.7 Å². The number of hydrogen-bond acceptors (Lipinski definition) is 6. The van der Waals surface area contributed by atoms with Crippen molar-refractivity contribution < 1.29 is 31.1 Å². The van der Waals surface area contributed by atoms with Gasteiger partial charge in [0.15, 0.2) is 0 Å². The quantitative estimate of drug-likeness (QED) is 0.311. The molecule has 2 aromatic carbocycles. The smallest absolute Gasteiger partial charge is 0.433 e. The van der Waals surface area contributed by atoms with Crippen molar-refractivity contribution in [3.8, 4) is 0 Å². The molecule has 12 heteroatoms. The molecule has 0 spiro atoms. The Labute approximate surface area is 262 Å². The summed E-state index contributed by atoms with van der Waals surface area (Å²) in [4.78, 5) is 18.2. The molecule has 3 heterocycles. The van der Waals surface area contributed by atoms with Gasteiger partial charge in [-0.05, 0) is 86.4 Å². The fourth-order valence-electron chi connectivity index (χ4n) is 5.55. The Balaban J connectivity index is 1.52. The zero-order valence-electron chi connectivity index (χ0n) is 26.3. The topological polar surface area (TPSA) is 91.8 Å². The second-order valence-corrected chi connectivity index (χ2v) is 15.5. The molecule has 2 aliphatic rings. The van der Waals surface area contributed by atoms with Crippen LogP contribution in [0.3, 0.4) is 0 Å². The molecule has 1 N–H and O–H groups in total. The van der Waals surface area contributed by atoms with Crippen molar-refractivity contribution in [3.63, 3.8) is 0 Å². The van der Waals surface area contributed by atoms with Crippen molar-refractivity contribution in [2.45, 2.75) is 88.9 Å². The number of ether oxygens (including phenoxy) is 1. The number of rotatable bonds is 3. The number of carbonyl (C=O) groups excluding carboxylic acids is 1. The van der Waals surface area contributed by atoms with Gasteiger partial charge in [0.1, 0.15) is 17.1 Å². The van der Waals surface area contributed by atoms with Crippen LogP contribution >= 0.6 is 0 Å². The fraction of sp³-hybridized carbons (Fsp3) is 0.455. The molecule has 1 aromatic heterocycles. The second kappa shape index (κ2) is 11.5. The average molecular weight is 645 g/mol. The normalized spacial score (nSPS) is 16.4. The third kappa shape index (κ3) is 7.05. The third-order valence-corrected chi connectivity index (χ3v) is 9.83. The lowest BCUT2D eigenvalue weighted by atomic mass is 9.87. The molecule has 5 rings (SSSR count). The summed E-state index contributed by atoms with van der Waals surface area (Å²) in [5, 5.41) is 2.99. The van der Waals surface area contributed by atoms with E-state index in [1.54, 1.807) is 41.3 Å². The Morgan fingerprint density at radius 1 is 0.933 bits per heavy atom. The van der Waals surface area contributed by atoms with Crippen LogP contribution < -0.4 is 9.62 Å². The number of alkyl halides is 3. The average Bonchev–Trinajstić information content (AvgIpc) is 3.12. The fourth-order valence-corrected chi connectivity index (χ4v) is 7.01. The van der Waals surface area contributed by atoms with E-state index in [9.17, 15) is 26.4 Å². The Morgan fingerprint density at radius 2 is 1.58 bits per heavy atom. The van der Waals surface area contributed by atoms with E-state index in [1.807, 2.05) is 47.6 Å². The van der Waals surface area contributed by atoms with Crippen molar-refractivity contribution in [3.05, 3.63) is 77.0 Å². The van der Waals surface area contributed by atoms with Gasteiger partial charge in [-0.25, -0.2) is 18.2 Å². The maximum Gasteiger partial charge on any atom is 0.433 e. The van der Waals surface area contributed by atoms with E-state index in [2.05, 4.69) is 10.3 Å². The summed E-state index contributed by atoms with van der Waals surface area (Å²) in [6, 6.07) is 14.1. The number of nitrogens with one attached hydrogen (secondary N) is 1. The highest BCUT2D eigenvalue weighted by molar-refractivity contribution is 7.92. The lowest BCUT2D eigenvalue weighted by Crippen LogP contribution is -2.41. The molecule has 1 saturated heterocycles. The maximum absolute atomic E-state index is 14.3. The Bertz CT molecular complexity index is 1690. The van der Waals surface area contributed by atoms with Crippen LogP contribution in [0.5, 0.6) is 0 Å². The monoisotopic (exact) mass is 644 g/mol. The molecule has 0 aliphatic carbocycles. The van der Waals surface area contributed by atoms with Gasteiger partial charge in [0.25, 0.3) is 10.0 Å². The molecular formula is C33H39F3N4O4S. The first-order valence-corrected chi connectivity index (χ1v) is 16.4. The first-order valence-electron chi connectivity index (χ1n) is 14.9. The number of fused-ring (bicyclic) bond motifs is 2. The van der Waals surface area contributed by atoms with Gasteiger partial charge in [0.05, 0.1) is 22.8 Å². The van der Waals surface area contributed by atoms with E-state index < -0.39 is 27.5 Å². The minimum absolute atomic E-state index is 0.0326. The third-order valence-electron chi connectivity index (χ3n) is 8.05. The van der Waals surface area contributed by atoms with Crippen molar-refractivity contribution in [1.29, 1.82) is 0 Å². The van der Waals surface area contributed by atoms with Gasteiger partial charge in [-0.2, -0.15) is 13.2 Å². The first-order chi connectivity index (χ1) is 20.8. The molecule has 3 aromatic rings. The molecule has 2 aliphatic heterocycles. The van der Waals surface area contributed by atoms with Gasteiger partial charge in [0, 0.05) is 18.7 Å². The summed E-state index contributed by atoms with van der Waals surface area (Å²) in [5.41, 5.74) is 0.924. The number of benzene rings is 2. The zero-order valence-corrected chi connectivity index (χ0v) is 27.1. The number of likely N-dealkylation sites (tertiary alicyclic amines) is 1. The molecule has 1 fully saturated rings. The molecule has 0 bridgehead atoms. The predicted octanol–water partition coefficient (Wildman–Crippen LogP) is 7.96. The number of hydrogen-bond donors (Lipinski definition) is 1. The van der Waals surface area contributed by atoms with Crippen LogP contribution in [0.1, 0.15) is 82.7 Å². The molecule has 0 unspecified atom stereocenters. The number of anilines is 3. The van der Waals surface area contributed by atoms with Gasteiger partial charge >= 0.3 is 12.3 Å². The predicted molar refractivity (Wildman–Crippen MR) is 167 cm³/mol. The highest BCUT2D eigenvalue weighted by Crippen LogP contribution is 2.42. The summed E-state index contributed by atoms with van der Waals surface area (Å²) in [6.07, 6.45) is -3.75. The summed E-state index contributed by atoms with van der Waals surface area (Å²) in [5.74, 6) is -0.0181. The van der Waals surface area contributed by atoms with Gasteiger partial charge in [-0.1, -0.05) is 45.0 Å². The SMILES string of the molecule is CC(C)(C)OC(=O)N1CCC(c2ccc3c(c2)N(S(=O)(=O)c2ccc(C(C)(C)C)cc2)Cc2ccc(C(F)(F)F)nc2N3)CC1. The van der Waals surface area contributed by atoms with Crippen molar-refractivity contribution >= 4 is 33.3 Å². The van der Waals surface area contributed by atoms with Crippen LogP contribution in [0, 0.1) is 0 Å². The second-order valence-electron chi connectivity index (χ2n) is 13.6. The molecule has 1 amide bonds. The lowest BCUT2D eigenvalue weighted by molar-refractivity contribution is -0.141. The molecule has 0 atom stereocenters. The number of sulfonamides is 1.